The minimum atomic E-state index is -2.17. The maximum Gasteiger partial charge on any atom is 0.331 e. The first kappa shape index (κ1) is 37.8. The Labute approximate surface area is 294 Å². The van der Waals surface area contributed by atoms with Gasteiger partial charge in [-0.25, -0.2) is 4.79 Å². The SMILES string of the molecule is CC(C)(Cc1cccc(C=C(Cc2ccccc2)C(=O)O)c1)NC[C@H](O[Si](C)(C)C(C)(C)C)c1ccc(OCc2ccccc2)c(CO)c1. The highest BCUT2D eigenvalue weighted by Gasteiger charge is 2.40. The normalized spacial score (nSPS) is 13.3. The molecule has 49 heavy (non-hydrogen) atoms. The third kappa shape index (κ3) is 11.3. The van der Waals surface area contributed by atoms with Crippen LogP contribution in [-0.4, -0.2) is 36.6 Å². The van der Waals surface area contributed by atoms with E-state index in [9.17, 15) is 15.0 Å². The summed E-state index contributed by atoms with van der Waals surface area (Å²) in [5.41, 5.74) is 5.79. The van der Waals surface area contributed by atoms with Crippen molar-refractivity contribution in [2.24, 2.45) is 0 Å². The average molecular weight is 680 g/mol. The largest absolute Gasteiger partial charge is 0.489 e. The second kappa shape index (κ2) is 16.6. The summed E-state index contributed by atoms with van der Waals surface area (Å²) in [7, 11) is -2.17. The Bertz CT molecular complexity index is 1690. The standard InChI is InChI=1S/C42H53NO5Si/c1-41(2,3)49(6,7)48-39(35-21-22-38(37(26-35)29-44)47-30-32-17-12-9-13-18-32)28-43-42(4,5)27-34-20-14-19-33(23-34)25-36(40(45)46)24-31-15-10-8-11-16-31/h8-23,25-26,39,43-44H,24,27-30H2,1-7H3,(H,45,46)/t39-/m0/s1. The smallest absolute Gasteiger partial charge is 0.331 e. The molecule has 0 fully saturated rings. The zero-order valence-corrected chi connectivity index (χ0v) is 31.1. The minimum Gasteiger partial charge on any atom is -0.489 e. The number of carboxylic acids is 1. The van der Waals surface area contributed by atoms with E-state index in [1.54, 1.807) is 6.08 Å². The van der Waals surface area contributed by atoms with Gasteiger partial charge in [0.15, 0.2) is 8.32 Å². The monoisotopic (exact) mass is 679 g/mol. The Morgan fingerprint density at radius 2 is 1.47 bits per heavy atom. The lowest BCUT2D eigenvalue weighted by atomic mass is 9.93. The zero-order valence-electron chi connectivity index (χ0n) is 30.1. The lowest BCUT2D eigenvalue weighted by Gasteiger charge is -2.40. The van der Waals surface area contributed by atoms with E-state index < -0.39 is 14.3 Å². The van der Waals surface area contributed by atoms with Crippen LogP contribution >= 0.6 is 0 Å². The van der Waals surface area contributed by atoms with Gasteiger partial charge in [0.1, 0.15) is 12.4 Å². The van der Waals surface area contributed by atoms with E-state index in [0.717, 1.165) is 39.8 Å². The molecule has 0 radical (unpaired) electrons. The number of benzene rings is 4. The van der Waals surface area contributed by atoms with Crippen molar-refractivity contribution in [3.63, 3.8) is 0 Å². The van der Waals surface area contributed by atoms with Crippen LogP contribution in [0.15, 0.2) is 109 Å². The van der Waals surface area contributed by atoms with E-state index in [-0.39, 0.29) is 23.3 Å². The van der Waals surface area contributed by atoms with Crippen molar-refractivity contribution in [2.75, 3.05) is 6.54 Å². The summed E-state index contributed by atoms with van der Waals surface area (Å²) in [4.78, 5) is 12.1. The lowest BCUT2D eigenvalue weighted by Crippen LogP contribution is -2.47. The lowest BCUT2D eigenvalue weighted by molar-refractivity contribution is -0.132. The van der Waals surface area contributed by atoms with Crippen LogP contribution in [0.25, 0.3) is 6.08 Å². The van der Waals surface area contributed by atoms with E-state index in [0.29, 0.717) is 30.9 Å². The van der Waals surface area contributed by atoms with Gasteiger partial charge < -0.3 is 24.7 Å². The molecule has 0 aliphatic heterocycles. The predicted octanol–water partition coefficient (Wildman–Crippen LogP) is 9.14. The number of hydrogen-bond donors (Lipinski definition) is 3. The Kier molecular flexibility index (Phi) is 12.8. The molecule has 0 spiro atoms. The molecule has 4 aromatic carbocycles. The van der Waals surface area contributed by atoms with Gasteiger partial charge in [-0.05, 0) is 84.4 Å². The van der Waals surface area contributed by atoms with Crippen molar-refractivity contribution in [1.82, 2.24) is 5.32 Å². The van der Waals surface area contributed by atoms with E-state index >= 15 is 0 Å². The van der Waals surface area contributed by atoms with E-state index in [2.05, 4.69) is 71.2 Å². The van der Waals surface area contributed by atoms with Gasteiger partial charge in [0.25, 0.3) is 0 Å². The first-order chi connectivity index (χ1) is 23.2. The molecular weight excluding hydrogens is 627 g/mol. The molecule has 0 aliphatic rings. The highest BCUT2D eigenvalue weighted by molar-refractivity contribution is 6.74. The number of aliphatic hydroxyl groups excluding tert-OH is 1. The van der Waals surface area contributed by atoms with Gasteiger partial charge in [-0.1, -0.05) is 112 Å². The molecule has 4 aromatic rings. The molecule has 1 atom stereocenters. The van der Waals surface area contributed by atoms with Crippen molar-refractivity contribution >= 4 is 20.4 Å². The van der Waals surface area contributed by atoms with Crippen molar-refractivity contribution < 1.29 is 24.2 Å². The van der Waals surface area contributed by atoms with Gasteiger partial charge in [0.2, 0.25) is 0 Å². The van der Waals surface area contributed by atoms with Gasteiger partial charge in [-0.15, -0.1) is 0 Å². The number of nitrogens with one attached hydrogen (secondary N) is 1. The minimum absolute atomic E-state index is 0.0165. The summed E-state index contributed by atoms with van der Waals surface area (Å²) in [6.07, 6.45) is 2.63. The third-order valence-electron chi connectivity index (χ3n) is 9.32. The average Bonchev–Trinajstić information content (AvgIpc) is 3.05. The molecule has 4 rings (SSSR count). The first-order valence-corrected chi connectivity index (χ1v) is 20.0. The van der Waals surface area contributed by atoms with Crippen LogP contribution in [0.1, 0.15) is 74.1 Å². The van der Waals surface area contributed by atoms with Crippen LogP contribution < -0.4 is 10.1 Å². The summed E-state index contributed by atoms with van der Waals surface area (Å²) in [6, 6.07) is 33.8. The predicted molar refractivity (Wildman–Crippen MR) is 202 cm³/mol. The summed E-state index contributed by atoms with van der Waals surface area (Å²) < 4.78 is 13.1. The van der Waals surface area contributed by atoms with Crippen LogP contribution in [-0.2, 0) is 35.3 Å². The summed E-state index contributed by atoms with van der Waals surface area (Å²) in [5.74, 6) is -0.248. The molecule has 0 saturated heterocycles. The second-order valence-corrected chi connectivity index (χ2v) is 19.7. The zero-order chi connectivity index (χ0) is 35.7. The van der Waals surface area contributed by atoms with E-state index in [1.165, 1.54) is 0 Å². The van der Waals surface area contributed by atoms with Crippen molar-refractivity contribution in [1.29, 1.82) is 0 Å². The van der Waals surface area contributed by atoms with Gasteiger partial charge in [0.05, 0.1) is 12.7 Å². The molecule has 3 N–H and O–H groups in total. The molecule has 0 heterocycles. The molecular formula is C42H53NO5Si. The molecule has 6 nitrogen and oxygen atoms in total. The molecule has 0 bridgehead atoms. The summed E-state index contributed by atoms with van der Waals surface area (Å²) >= 11 is 0. The third-order valence-corrected chi connectivity index (χ3v) is 13.8. The highest BCUT2D eigenvalue weighted by atomic mass is 28.4. The number of aliphatic hydroxyl groups is 1. The highest BCUT2D eigenvalue weighted by Crippen LogP contribution is 2.40. The van der Waals surface area contributed by atoms with Gasteiger partial charge >= 0.3 is 5.97 Å². The number of rotatable bonds is 16. The second-order valence-electron chi connectivity index (χ2n) is 15.0. The Morgan fingerprint density at radius 1 is 0.837 bits per heavy atom. The molecule has 0 amide bonds. The number of ether oxygens (including phenoxy) is 1. The fourth-order valence-corrected chi connectivity index (χ4v) is 6.78. The van der Waals surface area contributed by atoms with Gasteiger partial charge in [0, 0.05) is 29.6 Å². The van der Waals surface area contributed by atoms with Crippen molar-refractivity contribution in [3.05, 3.63) is 142 Å². The fraction of sp³-hybridized carbons (Fsp3) is 0.357. The molecule has 260 valence electrons. The summed E-state index contributed by atoms with van der Waals surface area (Å²) in [5, 5.41) is 24.0. The Hall–Kier alpha value is -4.01. The Morgan fingerprint density at radius 3 is 2.08 bits per heavy atom. The number of carboxylic acid groups (broad SMARTS) is 1. The maximum absolute atomic E-state index is 12.1. The molecule has 0 aliphatic carbocycles. The van der Waals surface area contributed by atoms with E-state index in [1.807, 2.05) is 84.9 Å². The number of aliphatic carboxylic acids is 1. The molecule has 0 saturated carbocycles. The van der Waals surface area contributed by atoms with Gasteiger partial charge in [-0.2, -0.15) is 0 Å². The molecule has 0 unspecified atom stereocenters. The first-order valence-electron chi connectivity index (χ1n) is 17.1. The topological polar surface area (TPSA) is 88.0 Å². The van der Waals surface area contributed by atoms with Crippen molar-refractivity contribution in [2.45, 2.75) is 90.4 Å². The van der Waals surface area contributed by atoms with Crippen LogP contribution in [0, 0.1) is 0 Å². The van der Waals surface area contributed by atoms with E-state index in [4.69, 9.17) is 9.16 Å². The quantitative estimate of drug-likeness (QED) is 0.0809. The van der Waals surface area contributed by atoms with Crippen LogP contribution in [0.3, 0.4) is 0 Å². The fourth-order valence-electron chi connectivity index (χ4n) is 5.50. The number of carbonyl (C=O) groups is 1. The Balaban J connectivity index is 1.52. The van der Waals surface area contributed by atoms with Crippen LogP contribution in [0.4, 0.5) is 0 Å². The molecule has 7 heteroatoms. The molecule has 0 aromatic heterocycles. The van der Waals surface area contributed by atoms with Gasteiger partial charge in [-0.3, -0.25) is 0 Å². The van der Waals surface area contributed by atoms with Crippen molar-refractivity contribution in [3.8, 4) is 5.75 Å². The number of hydrogen-bond acceptors (Lipinski definition) is 5. The maximum atomic E-state index is 12.1. The van der Waals surface area contributed by atoms with Crippen LogP contribution in [0.5, 0.6) is 5.75 Å². The summed E-state index contributed by atoms with van der Waals surface area (Å²) in [6.45, 7) is 16.5. The van der Waals surface area contributed by atoms with Crippen LogP contribution in [0.2, 0.25) is 18.1 Å².